The Kier molecular flexibility index (Phi) is 3.99. The van der Waals surface area contributed by atoms with E-state index in [-0.39, 0.29) is 0 Å². The number of sulfone groups is 1. The number of rotatable bonds is 2. The van der Waals surface area contributed by atoms with Crippen LogP contribution in [-0.2, 0) is 9.84 Å². The van der Waals surface area contributed by atoms with Crippen molar-refractivity contribution in [3.05, 3.63) is 22.9 Å². The highest BCUT2D eigenvalue weighted by molar-refractivity contribution is 9.10. The summed E-state index contributed by atoms with van der Waals surface area (Å²) in [6, 6.07) is 1.85. The fourth-order valence-corrected chi connectivity index (χ4v) is 5.12. The number of hydrogen-bond donors (Lipinski definition) is 0. The standard InChI is InChI=1S/C10H13BrN2O2S2/c1-17(14,15)10-7-16-5-4-13(10)9-2-3-12-6-8(9)11/h2-3,6,10H,4-5,7H2,1H3. The highest BCUT2D eigenvalue weighted by atomic mass is 79.9. The molecular formula is C10H13BrN2O2S2. The van der Waals surface area contributed by atoms with E-state index in [9.17, 15) is 8.42 Å². The predicted molar refractivity (Wildman–Crippen MR) is 75.2 cm³/mol. The van der Waals surface area contributed by atoms with Crippen LogP contribution >= 0.6 is 27.7 Å². The van der Waals surface area contributed by atoms with E-state index in [0.29, 0.717) is 5.75 Å². The maximum atomic E-state index is 11.8. The second kappa shape index (κ2) is 5.16. The molecule has 94 valence electrons. The molecule has 0 spiro atoms. The van der Waals surface area contributed by atoms with E-state index < -0.39 is 15.2 Å². The molecular weight excluding hydrogens is 324 g/mol. The summed E-state index contributed by atoms with van der Waals surface area (Å²) in [5, 5.41) is -0.444. The Morgan fingerprint density at radius 2 is 2.35 bits per heavy atom. The lowest BCUT2D eigenvalue weighted by atomic mass is 10.3. The van der Waals surface area contributed by atoms with Crippen LogP contribution in [0.15, 0.2) is 22.9 Å². The van der Waals surface area contributed by atoms with Gasteiger partial charge in [0.25, 0.3) is 0 Å². The van der Waals surface area contributed by atoms with Crippen molar-refractivity contribution in [2.45, 2.75) is 5.37 Å². The molecule has 17 heavy (non-hydrogen) atoms. The Morgan fingerprint density at radius 1 is 1.59 bits per heavy atom. The van der Waals surface area contributed by atoms with Crippen LogP contribution in [0.1, 0.15) is 0 Å². The number of pyridine rings is 1. The van der Waals surface area contributed by atoms with E-state index >= 15 is 0 Å². The summed E-state index contributed by atoms with van der Waals surface area (Å²) in [7, 11) is -3.08. The number of anilines is 1. The second-order valence-electron chi connectivity index (χ2n) is 3.88. The van der Waals surface area contributed by atoms with Crippen LogP contribution in [-0.4, -0.2) is 43.1 Å². The molecule has 0 saturated carbocycles. The van der Waals surface area contributed by atoms with Crippen LogP contribution in [0, 0.1) is 0 Å². The summed E-state index contributed by atoms with van der Waals surface area (Å²) in [5.74, 6) is 1.56. The third kappa shape index (κ3) is 2.95. The SMILES string of the molecule is CS(=O)(=O)C1CSCCN1c1ccncc1Br. The van der Waals surface area contributed by atoms with Gasteiger partial charge in [-0.2, -0.15) is 11.8 Å². The van der Waals surface area contributed by atoms with Gasteiger partial charge in [-0.05, 0) is 22.0 Å². The van der Waals surface area contributed by atoms with Gasteiger partial charge in [-0.15, -0.1) is 0 Å². The first-order chi connectivity index (χ1) is 8.00. The summed E-state index contributed by atoms with van der Waals surface area (Å²) in [6.07, 6.45) is 4.67. The number of thioether (sulfide) groups is 1. The van der Waals surface area contributed by atoms with Crippen LogP contribution in [0.2, 0.25) is 0 Å². The van der Waals surface area contributed by atoms with Crippen molar-refractivity contribution in [1.29, 1.82) is 0 Å². The molecule has 1 atom stereocenters. The Bertz CT molecular complexity index is 507. The van der Waals surface area contributed by atoms with Crippen LogP contribution in [0.4, 0.5) is 5.69 Å². The third-order valence-corrected chi connectivity index (χ3v) is 5.89. The van der Waals surface area contributed by atoms with E-state index in [1.54, 1.807) is 24.2 Å². The highest BCUT2D eigenvalue weighted by Crippen LogP contribution is 2.31. The van der Waals surface area contributed by atoms with Crippen molar-refractivity contribution in [2.75, 3.05) is 29.2 Å². The Labute approximate surface area is 114 Å². The van der Waals surface area contributed by atoms with Crippen LogP contribution in [0.5, 0.6) is 0 Å². The first kappa shape index (κ1) is 13.2. The van der Waals surface area contributed by atoms with Gasteiger partial charge in [-0.3, -0.25) is 4.98 Å². The van der Waals surface area contributed by atoms with E-state index in [4.69, 9.17) is 0 Å². The Morgan fingerprint density at radius 3 is 3.00 bits per heavy atom. The first-order valence-corrected chi connectivity index (χ1v) is 9.03. The second-order valence-corrected chi connectivity index (χ2v) is 8.09. The molecule has 1 aliphatic heterocycles. The van der Waals surface area contributed by atoms with E-state index in [2.05, 4.69) is 20.9 Å². The van der Waals surface area contributed by atoms with Gasteiger partial charge < -0.3 is 4.90 Å². The van der Waals surface area contributed by atoms with Crippen molar-refractivity contribution in [3.8, 4) is 0 Å². The lowest BCUT2D eigenvalue weighted by Crippen LogP contribution is -2.47. The summed E-state index contributed by atoms with van der Waals surface area (Å²) >= 11 is 5.10. The molecule has 1 aromatic heterocycles. The minimum absolute atomic E-state index is 0.444. The summed E-state index contributed by atoms with van der Waals surface area (Å²) in [4.78, 5) is 5.94. The average molecular weight is 337 g/mol. The van der Waals surface area contributed by atoms with Gasteiger partial charge in [0, 0.05) is 36.7 Å². The summed E-state index contributed by atoms with van der Waals surface area (Å²) < 4.78 is 24.4. The predicted octanol–water partition coefficient (Wildman–Crippen LogP) is 1.77. The van der Waals surface area contributed by atoms with Crippen LogP contribution < -0.4 is 4.90 Å². The van der Waals surface area contributed by atoms with Gasteiger partial charge in [0.05, 0.1) is 10.2 Å². The zero-order valence-electron chi connectivity index (χ0n) is 9.34. The molecule has 0 radical (unpaired) electrons. The Balaban J connectivity index is 2.38. The minimum Gasteiger partial charge on any atom is -0.352 e. The van der Waals surface area contributed by atoms with Gasteiger partial charge in [-0.25, -0.2) is 8.42 Å². The van der Waals surface area contributed by atoms with Crippen molar-refractivity contribution >= 4 is 43.2 Å². The molecule has 1 aromatic rings. The average Bonchev–Trinajstić information content (AvgIpc) is 2.28. The molecule has 0 bridgehead atoms. The molecule has 7 heteroatoms. The fraction of sp³-hybridized carbons (Fsp3) is 0.500. The van der Waals surface area contributed by atoms with Gasteiger partial charge in [0.15, 0.2) is 9.84 Å². The Hall–Kier alpha value is -0.270. The number of aromatic nitrogens is 1. The number of hydrogen-bond acceptors (Lipinski definition) is 5. The zero-order chi connectivity index (χ0) is 12.5. The summed E-state index contributed by atoms with van der Waals surface area (Å²) in [6.45, 7) is 0.741. The molecule has 4 nitrogen and oxygen atoms in total. The van der Waals surface area contributed by atoms with Crippen LogP contribution in [0.3, 0.4) is 0 Å². The minimum atomic E-state index is -3.08. The van der Waals surface area contributed by atoms with Crippen molar-refractivity contribution < 1.29 is 8.42 Å². The number of nitrogens with zero attached hydrogens (tertiary/aromatic N) is 2. The van der Waals surface area contributed by atoms with E-state index in [1.165, 1.54) is 6.26 Å². The normalized spacial score (nSPS) is 21.5. The lowest BCUT2D eigenvalue weighted by molar-refractivity contribution is 0.584. The largest absolute Gasteiger partial charge is 0.352 e. The van der Waals surface area contributed by atoms with E-state index in [1.807, 2.05) is 11.0 Å². The zero-order valence-corrected chi connectivity index (χ0v) is 12.6. The van der Waals surface area contributed by atoms with Gasteiger partial charge in [0.1, 0.15) is 5.37 Å². The summed E-state index contributed by atoms with van der Waals surface area (Å²) in [5.41, 5.74) is 0.899. The number of halogens is 1. The van der Waals surface area contributed by atoms with Crippen LogP contribution in [0.25, 0.3) is 0 Å². The van der Waals surface area contributed by atoms with Gasteiger partial charge >= 0.3 is 0 Å². The highest BCUT2D eigenvalue weighted by Gasteiger charge is 2.31. The topological polar surface area (TPSA) is 50.3 Å². The smallest absolute Gasteiger partial charge is 0.169 e. The maximum Gasteiger partial charge on any atom is 0.169 e. The molecule has 1 saturated heterocycles. The quantitative estimate of drug-likeness (QED) is 0.823. The molecule has 1 aliphatic rings. The molecule has 2 rings (SSSR count). The van der Waals surface area contributed by atoms with Gasteiger partial charge in [-0.1, -0.05) is 0 Å². The molecule has 1 fully saturated rings. The fourth-order valence-electron chi connectivity index (χ4n) is 1.81. The first-order valence-electron chi connectivity index (χ1n) is 5.13. The van der Waals surface area contributed by atoms with Crippen molar-refractivity contribution in [3.63, 3.8) is 0 Å². The lowest BCUT2D eigenvalue weighted by Gasteiger charge is -2.36. The van der Waals surface area contributed by atoms with E-state index in [0.717, 1.165) is 22.5 Å². The molecule has 0 amide bonds. The molecule has 1 unspecified atom stereocenters. The monoisotopic (exact) mass is 336 g/mol. The third-order valence-electron chi connectivity index (χ3n) is 2.64. The van der Waals surface area contributed by atoms with Crippen molar-refractivity contribution in [1.82, 2.24) is 4.98 Å². The van der Waals surface area contributed by atoms with Crippen molar-refractivity contribution in [2.24, 2.45) is 0 Å². The molecule has 0 N–H and O–H groups in total. The molecule has 2 heterocycles. The molecule has 0 aromatic carbocycles. The molecule has 0 aliphatic carbocycles. The maximum absolute atomic E-state index is 11.8. The van der Waals surface area contributed by atoms with Gasteiger partial charge in [0.2, 0.25) is 0 Å².